The highest BCUT2D eigenvalue weighted by Crippen LogP contribution is 2.30. The van der Waals surface area contributed by atoms with Gasteiger partial charge < -0.3 is 14.8 Å². The summed E-state index contributed by atoms with van der Waals surface area (Å²) in [6.45, 7) is 3.62. The summed E-state index contributed by atoms with van der Waals surface area (Å²) in [6, 6.07) is 8.71. The van der Waals surface area contributed by atoms with Crippen molar-refractivity contribution in [3.05, 3.63) is 52.1 Å². The molecule has 10 heteroatoms. The van der Waals surface area contributed by atoms with Gasteiger partial charge in [-0.05, 0) is 43.7 Å². The van der Waals surface area contributed by atoms with Crippen LogP contribution in [0.4, 0.5) is 11.4 Å². The molecule has 0 saturated carbocycles. The maximum atomic E-state index is 12.3. The van der Waals surface area contributed by atoms with Crippen molar-refractivity contribution in [2.45, 2.75) is 31.3 Å². The molecule has 0 amide bonds. The Morgan fingerprint density at radius 2 is 1.75 bits per heavy atom. The highest BCUT2D eigenvalue weighted by molar-refractivity contribution is 7.89. The molecule has 0 atom stereocenters. The molecule has 0 aliphatic rings. The Balaban J connectivity index is 2.28. The van der Waals surface area contributed by atoms with Gasteiger partial charge in [-0.2, -0.15) is 0 Å². The van der Waals surface area contributed by atoms with Crippen LogP contribution in [0.1, 0.15) is 19.4 Å². The first kappa shape index (κ1) is 21.5. The molecule has 2 aromatic rings. The van der Waals surface area contributed by atoms with Gasteiger partial charge in [0, 0.05) is 18.7 Å². The van der Waals surface area contributed by atoms with E-state index in [1.165, 1.54) is 26.4 Å². The number of anilines is 1. The van der Waals surface area contributed by atoms with Crippen LogP contribution in [0, 0.1) is 10.1 Å². The zero-order chi connectivity index (χ0) is 20.9. The van der Waals surface area contributed by atoms with Crippen LogP contribution in [-0.4, -0.2) is 33.6 Å². The summed E-state index contributed by atoms with van der Waals surface area (Å²) in [5.74, 6) is 1.11. The molecule has 2 aromatic carbocycles. The molecule has 0 fully saturated rings. The summed E-state index contributed by atoms with van der Waals surface area (Å²) >= 11 is 0. The van der Waals surface area contributed by atoms with Crippen LogP contribution in [0.2, 0.25) is 0 Å². The van der Waals surface area contributed by atoms with E-state index in [2.05, 4.69) is 10.0 Å². The third-order valence-corrected chi connectivity index (χ3v) is 5.45. The maximum absolute atomic E-state index is 12.3. The lowest BCUT2D eigenvalue weighted by molar-refractivity contribution is -0.384. The van der Waals surface area contributed by atoms with E-state index in [1.807, 2.05) is 0 Å². The molecular weight excluding hydrogens is 386 g/mol. The third kappa shape index (κ3) is 5.11. The van der Waals surface area contributed by atoms with Crippen LogP contribution in [0.3, 0.4) is 0 Å². The molecule has 0 bridgehead atoms. The molecule has 9 nitrogen and oxygen atoms in total. The summed E-state index contributed by atoms with van der Waals surface area (Å²) in [4.78, 5) is 10.7. The second-order valence-corrected chi connectivity index (χ2v) is 7.97. The minimum absolute atomic E-state index is 0.162. The molecule has 0 radical (unpaired) electrons. The summed E-state index contributed by atoms with van der Waals surface area (Å²) < 4.78 is 37.3. The number of methoxy groups -OCH3 is 2. The van der Waals surface area contributed by atoms with E-state index in [0.717, 1.165) is 11.6 Å². The van der Waals surface area contributed by atoms with E-state index >= 15 is 0 Å². The number of nitro groups is 1. The molecule has 28 heavy (non-hydrogen) atoms. The summed E-state index contributed by atoms with van der Waals surface area (Å²) in [5.41, 5.74) is 0.695. The number of nitro benzene ring substituents is 1. The van der Waals surface area contributed by atoms with E-state index in [0.29, 0.717) is 11.5 Å². The van der Waals surface area contributed by atoms with Crippen molar-refractivity contribution in [2.75, 3.05) is 19.5 Å². The predicted octanol–water partition coefficient (Wildman–Crippen LogP) is 2.91. The molecule has 0 aliphatic carbocycles. The molecule has 2 rings (SSSR count). The van der Waals surface area contributed by atoms with Crippen molar-refractivity contribution < 1.29 is 22.8 Å². The van der Waals surface area contributed by atoms with E-state index in [-0.39, 0.29) is 28.9 Å². The second kappa shape index (κ2) is 8.89. The van der Waals surface area contributed by atoms with Crippen molar-refractivity contribution in [1.82, 2.24) is 4.72 Å². The van der Waals surface area contributed by atoms with Crippen LogP contribution in [0.5, 0.6) is 11.5 Å². The maximum Gasteiger partial charge on any atom is 0.293 e. The smallest absolute Gasteiger partial charge is 0.293 e. The highest BCUT2D eigenvalue weighted by Gasteiger charge is 2.22. The minimum atomic E-state index is -3.83. The van der Waals surface area contributed by atoms with Gasteiger partial charge in [0.25, 0.3) is 5.69 Å². The van der Waals surface area contributed by atoms with Gasteiger partial charge in [-0.25, -0.2) is 13.1 Å². The summed E-state index contributed by atoms with van der Waals surface area (Å²) in [7, 11) is -0.780. The van der Waals surface area contributed by atoms with Gasteiger partial charge in [0.05, 0.1) is 24.0 Å². The monoisotopic (exact) mass is 409 g/mol. The first-order valence-electron chi connectivity index (χ1n) is 8.43. The van der Waals surface area contributed by atoms with Gasteiger partial charge in [0.2, 0.25) is 10.0 Å². The van der Waals surface area contributed by atoms with E-state index in [4.69, 9.17) is 9.47 Å². The number of nitrogens with zero attached hydrogens (tertiary/aromatic N) is 1. The Hall–Kier alpha value is -2.85. The number of ether oxygens (including phenoxy) is 2. The molecule has 0 aromatic heterocycles. The van der Waals surface area contributed by atoms with Gasteiger partial charge in [-0.1, -0.05) is 6.07 Å². The quantitative estimate of drug-likeness (QED) is 0.483. The van der Waals surface area contributed by atoms with Gasteiger partial charge >= 0.3 is 0 Å². The lowest BCUT2D eigenvalue weighted by atomic mass is 10.2. The Morgan fingerprint density at radius 1 is 1.07 bits per heavy atom. The number of hydrogen-bond acceptors (Lipinski definition) is 7. The van der Waals surface area contributed by atoms with Crippen molar-refractivity contribution in [2.24, 2.45) is 0 Å². The number of nitrogens with one attached hydrogen (secondary N) is 2. The van der Waals surface area contributed by atoms with E-state index in [1.54, 1.807) is 32.0 Å². The van der Waals surface area contributed by atoms with E-state index < -0.39 is 14.9 Å². The molecule has 2 N–H and O–H groups in total. The Bertz CT molecular complexity index is 960. The Labute approximate surface area is 163 Å². The number of benzene rings is 2. The molecule has 0 spiro atoms. The van der Waals surface area contributed by atoms with Gasteiger partial charge in [0.15, 0.2) is 11.5 Å². The predicted molar refractivity (Wildman–Crippen MR) is 105 cm³/mol. The highest BCUT2D eigenvalue weighted by atomic mass is 32.2. The molecule has 0 aliphatic heterocycles. The van der Waals surface area contributed by atoms with Gasteiger partial charge in [0.1, 0.15) is 5.69 Å². The van der Waals surface area contributed by atoms with E-state index in [9.17, 15) is 18.5 Å². The molecular formula is C18H23N3O6S. The first-order chi connectivity index (χ1) is 13.2. The average molecular weight is 409 g/mol. The normalized spacial score (nSPS) is 11.3. The largest absolute Gasteiger partial charge is 0.493 e. The van der Waals surface area contributed by atoms with Crippen LogP contribution < -0.4 is 19.5 Å². The minimum Gasteiger partial charge on any atom is -0.493 e. The van der Waals surface area contributed by atoms with Gasteiger partial charge in [-0.3, -0.25) is 10.1 Å². The van der Waals surface area contributed by atoms with Crippen molar-refractivity contribution in [3.8, 4) is 11.5 Å². The Kier molecular flexibility index (Phi) is 6.81. The van der Waals surface area contributed by atoms with Crippen LogP contribution in [-0.2, 0) is 16.6 Å². The fourth-order valence-electron chi connectivity index (χ4n) is 2.55. The van der Waals surface area contributed by atoms with Gasteiger partial charge in [-0.15, -0.1) is 0 Å². The van der Waals surface area contributed by atoms with Crippen LogP contribution >= 0.6 is 0 Å². The fourth-order valence-corrected chi connectivity index (χ4v) is 3.82. The standard InChI is InChI=1S/C18H23N3O6S/c1-12(2)20-28(24,25)14-6-7-15(16(10-14)21(22)23)19-11-13-5-8-17(26-3)18(9-13)27-4/h5-10,12,19-20H,11H2,1-4H3. The van der Waals surface area contributed by atoms with Crippen LogP contribution in [0.25, 0.3) is 0 Å². The first-order valence-corrected chi connectivity index (χ1v) is 9.91. The van der Waals surface area contributed by atoms with Crippen LogP contribution in [0.15, 0.2) is 41.3 Å². The summed E-state index contributed by atoms with van der Waals surface area (Å²) in [6.07, 6.45) is 0. The fraction of sp³-hybridized carbons (Fsp3) is 0.333. The lowest BCUT2D eigenvalue weighted by Gasteiger charge is -2.13. The third-order valence-electron chi connectivity index (χ3n) is 3.80. The van der Waals surface area contributed by atoms with Crippen molar-refractivity contribution in [3.63, 3.8) is 0 Å². The zero-order valence-corrected chi connectivity index (χ0v) is 16.9. The Morgan fingerprint density at radius 3 is 2.32 bits per heavy atom. The number of hydrogen-bond donors (Lipinski definition) is 2. The zero-order valence-electron chi connectivity index (χ0n) is 16.1. The molecule has 0 saturated heterocycles. The number of sulfonamides is 1. The lowest BCUT2D eigenvalue weighted by Crippen LogP contribution is -2.30. The van der Waals surface area contributed by atoms with Crippen molar-refractivity contribution >= 4 is 21.4 Å². The SMILES string of the molecule is COc1ccc(CNc2ccc(S(=O)(=O)NC(C)C)cc2[N+](=O)[O-])cc1OC. The molecule has 0 heterocycles. The number of rotatable bonds is 9. The van der Waals surface area contributed by atoms with Crippen molar-refractivity contribution in [1.29, 1.82) is 0 Å². The summed E-state index contributed by atoms with van der Waals surface area (Å²) in [5, 5.41) is 14.4. The topological polar surface area (TPSA) is 120 Å². The average Bonchev–Trinajstić information content (AvgIpc) is 2.64. The molecule has 0 unspecified atom stereocenters. The second-order valence-electron chi connectivity index (χ2n) is 6.25. The molecule has 152 valence electrons.